The molecule has 1 aromatic carbocycles. The fourth-order valence-electron chi connectivity index (χ4n) is 3.50. The van der Waals surface area contributed by atoms with Gasteiger partial charge in [0.2, 0.25) is 0 Å². The van der Waals surface area contributed by atoms with Crippen LogP contribution in [0.15, 0.2) is 22.7 Å². The Kier molecular flexibility index (Phi) is 5.91. The molecule has 3 heteroatoms. The molecular weight excluding hydrogens is 314 g/mol. The maximum Gasteiger partial charge on any atom is 0.122 e. The van der Waals surface area contributed by atoms with Crippen molar-refractivity contribution >= 4 is 15.9 Å². The average Bonchev–Trinajstić information content (AvgIpc) is 2.93. The van der Waals surface area contributed by atoms with Gasteiger partial charge in [0.15, 0.2) is 0 Å². The van der Waals surface area contributed by atoms with Gasteiger partial charge in [0, 0.05) is 10.5 Å². The van der Waals surface area contributed by atoms with Gasteiger partial charge >= 0.3 is 0 Å². The normalized spacial score (nSPS) is 23.8. The second-order valence-electron chi connectivity index (χ2n) is 5.90. The van der Waals surface area contributed by atoms with Crippen molar-refractivity contribution in [3.63, 3.8) is 0 Å². The van der Waals surface area contributed by atoms with Crippen LogP contribution in [0.25, 0.3) is 0 Å². The molecule has 0 amide bonds. The van der Waals surface area contributed by atoms with E-state index in [1.165, 1.54) is 31.2 Å². The van der Waals surface area contributed by atoms with E-state index in [0.29, 0.717) is 6.04 Å². The second kappa shape index (κ2) is 7.46. The van der Waals surface area contributed by atoms with E-state index in [4.69, 9.17) is 4.74 Å². The van der Waals surface area contributed by atoms with Crippen molar-refractivity contribution in [2.45, 2.75) is 45.1 Å². The highest BCUT2D eigenvalue weighted by Crippen LogP contribution is 2.36. The van der Waals surface area contributed by atoms with Crippen molar-refractivity contribution < 1.29 is 4.74 Å². The van der Waals surface area contributed by atoms with Gasteiger partial charge in [-0.3, -0.25) is 0 Å². The quantitative estimate of drug-likeness (QED) is 0.828. The van der Waals surface area contributed by atoms with Crippen molar-refractivity contribution in [1.82, 2.24) is 5.32 Å². The van der Waals surface area contributed by atoms with Crippen LogP contribution in [-0.4, -0.2) is 20.2 Å². The standard InChI is InChI=1S/C17H26BrNO/c1-4-12-5-6-13(9-12)16(19-2)11-14-10-15(18)7-8-17(14)20-3/h7-8,10,12-13,16,19H,4-6,9,11H2,1-3H3. The van der Waals surface area contributed by atoms with Crippen molar-refractivity contribution in [3.8, 4) is 5.75 Å². The lowest BCUT2D eigenvalue weighted by atomic mass is 9.91. The van der Waals surface area contributed by atoms with Gasteiger partial charge in [0.1, 0.15) is 5.75 Å². The predicted molar refractivity (Wildman–Crippen MR) is 88.4 cm³/mol. The number of rotatable bonds is 6. The number of hydrogen-bond acceptors (Lipinski definition) is 2. The van der Waals surface area contributed by atoms with Crippen molar-refractivity contribution in [1.29, 1.82) is 0 Å². The Morgan fingerprint density at radius 3 is 2.80 bits per heavy atom. The summed E-state index contributed by atoms with van der Waals surface area (Å²) in [6, 6.07) is 6.83. The van der Waals surface area contributed by atoms with Gasteiger partial charge in [-0.2, -0.15) is 0 Å². The van der Waals surface area contributed by atoms with E-state index >= 15 is 0 Å². The molecule has 0 bridgehead atoms. The Morgan fingerprint density at radius 2 is 2.20 bits per heavy atom. The summed E-state index contributed by atoms with van der Waals surface area (Å²) in [5.74, 6) is 2.73. The number of halogens is 1. The predicted octanol–water partition coefficient (Wildman–Crippen LogP) is 4.41. The summed E-state index contributed by atoms with van der Waals surface area (Å²) in [6.07, 6.45) is 6.50. The highest BCUT2D eigenvalue weighted by atomic mass is 79.9. The van der Waals surface area contributed by atoms with E-state index in [-0.39, 0.29) is 0 Å². The minimum Gasteiger partial charge on any atom is -0.496 e. The lowest BCUT2D eigenvalue weighted by Gasteiger charge is -2.24. The molecule has 2 nitrogen and oxygen atoms in total. The number of nitrogens with one attached hydrogen (secondary N) is 1. The van der Waals surface area contributed by atoms with Crippen LogP contribution in [0, 0.1) is 11.8 Å². The van der Waals surface area contributed by atoms with Crippen LogP contribution in [0.3, 0.4) is 0 Å². The minimum atomic E-state index is 0.551. The summed E-state index contributed by atoms with van der Waals surface area (Å²) in [7, 11) is 3.85. The summed E-state index contributed by atoms with van der Waals surface area (Å²) >= 11 is 3.57. The Hall–Kier alpha value is -0.540. The van der Waals surface area contributed by atoms with E-state index in [1.54, 1.807) is 7.11 Å². The Bertz CT molecular complexity index is 435. The molecule has 1 aliphatic rings. The molecule has 2 rings (SSSR count). The molecule has 0 radical (unpaired) electrons. The molecule has 0 heterocycles. The van der Waals surface area contributed by atoms with Gasteiger partial charge in [-0.05, 0) is 61.9 Å². The Labute approximate surface area is 131 Å². The summed E-state index contributed by atoms with van der Waals surface area (Å²) < 4.78 is 6.63. The van der Waals surface area contributed by atoms with Gasteiger partial charge in [-0.1, -0.05) is 35.7 Å². The molecule has 3 unspecified atom stereocenters. The Morgan fingerprint density at radius 1 is 1.40 bits per heavy atom. The molecule has 0 aliphatic heterocycles. The van der Waals surface area contributed by atoms with Gasteiger partial charge in [0.25, 0.3) is 0 Å². The zero-order chi connectivity index (χ0) is 14.5. The number of hydrogen-bond donors (Lipinski definition) is 1. The molecule has 1 saturated carbocycles. The van der Waals surface area contributed by atoms with Crippen LogP contribution in [0.2, 0.25) is 0 Å². The van der Waals surface area contributed by atoms with E-state index in [2.05, 4.69) is 47.4 Å². The van der Waals surface area contributed by atoms with Crippen LogP contribution in [0.1, 0.15) is 38.2 Å². The third-order valence-corrected chi connectivity index (χ3v) is 5.27. The first-order valence-corrected chi connectivity index (χ1v) is 8.46. The molecule has 1 fully saturated rings. The number of methoxy groups -OCH3 is 1. The molecule has 20 heavy (non-hydrogen) atoms. The highest BCUT2D eigenvalue weighted by Gasteiger charge is 2.29. The zero-order valence-electron chi connectivity index (χ0n) is 12.8. The van der Waals surface area contributed by atoms with Crippen molar-refractivity contribution in [2.24, 2.45) is 11.8 Å². The maximum atomic E-state index is 5.50. The van der Waals surface area contributed by atoms with Crippen molar-refractivity contribution in [3.05, 3.63) is 28.2 Å². The minimum absolute atomic E-state index is 0.551. The first-order valence-electron chi connectivity index (χ1n) is 7.67. The first-order chi connectivity index (χ1) is 9.67. The smallest absolute Gasteiger partial charge is 0.122 e. The monoisotopic (exact) mass is 339 g/mol. The molecule has 112 valence electrons. The lowest BCUT2D eigenvalue weighted by Crippen LogP contribution is -2.34. The summed E-state index contributed by atoms with van der Waals surface area (Å²) in [5.41, 5.74) is 1.29. The molecule has 1 aliphatic carbocycles. The molecule has 0 spiro atoms. The van der Waals surface area contributed by atoms with Gasteiger partial charge in [-0.15, -0.1) is 0 Å². The SMILES string of the molecule is CCC1CCC(C(Cc2cc(Br)ccc2OC)NC)C1. The van der Waals surface area contributed by atoms with E-state index < -0.39 is 0 Å². The third-order valence-electron chi connectivity index (χ3n) is 4.78. The topological polar surface area (TPSA) is 21.3 Å². The average molecular weight is 340 g/mol. The van der Waals surface area contributed by atoms with Crippen LogP contribution in [-0.2, 0) is 6.42 Å². The lowest BCUT2D eigenvalue weighted by molar-refractivity contribution is 0.353. The molecular formula is C17H26BrNO. The van der Waals surface area contributed by atoms with E-state index in [0.717, 1.165) is 28.5 Å². The summed E-state index contributed by atoms with van der Waals surface area (Å²) in [5, 5.41) is 3.54. The zero-order valence-corrected chi connectivity index (χ0v) is 14.4. The fourth-order valence-corrected chi connectivity index (χ4v) is 3.91. The number of ether oxygens (including phenoxy) is 1. The molecule has 0 saturated heterocycles. The second-order valence-corrected chi connectivity index (χ2v) is 6.82. The number of likely N-dealkylation sites (N-methyl/N-ethyl adjacent to an activating group) is 1. The fraction of sp³-hybridized carbons (Fsp3) is 0.647. The van der Waals surface area contributed by atoms with Gasteiger partial charge in [0.05, 0.1) is 7.11 Å². The molecule has 0 aromatic heterocycles. The largest absolute Gasteiger partial charge is 0.496 e. The van der Waals surface area contributed by atoms with Crippen molar-refractivity contribution in [2.75, 3.05) is 14.2 Å². The molecule has 3 atom stereocenters. The van der Waals surface area contributed by atoms with E-state index in [9.17, 15) is 0 Å². The highest BCUT2D eigenvalue weighted by molar-refractivity contribution is 9.10. The van der Waals surface area contributed by atoms with Crippen LogP contribution in [0.4, 0.5) is 0 Å². The summed E-state index contributed by atoms with van der Waals surface area (Å²) in [6.45, 7) is 2.32. The first kappa shape index (κ1) is 15.8. The van der Waals surface area contributed by atoms with Crippen LogP contribution in [0.5, 0.6) is 5.75 Å². The van der Waals surface area contributed by atoms with Crippen LogP contribution < -0.4 is 10.1 Å². The van der Waals surface area contributed by atoms with E-state index in [1.807, 2.05) is 6.07 Å². The molecule has 1 aromatic rings. The maximum absolute atomic E-state index is 5.50. The summed E-state index contributed by atoms with van der Waals surface area (Å²) in [4.78, 5) is 0. The number of benzene rings is 1. The van der Waals surface area contributed by atoms with Gasteiger partial charge in [-0.25, -0.2) is 0 Å². The van der Waals surface area contributed by atoms with Crippen LogP contribution >= 0.6 is 15.9 Å². The van der Waals surface area contributed by atoms with Gasteiger partial charge < -0.3 is 10.1 Å². The third kappa shape index (κ3) is 3.76. The Balaban J connectivity index is 2.08. The molecule has 1 N–H and O–H groups in total.